The molecule has 0 aliphatic carbocycles. The Hall–Kier alpha value is -0.0700. The number of hydrogen-bond acceptors (Lipinski definition) is 0. The molecule has 0 heterocycles. The highest BCUT2D eigenvalue weighted by Gasteiger charge is 1.93. The van der Waals surface area contributed by atoms with Gasteiger partial charge in [0.1, 0.15) is 0 Å². The quantitative estimate of drug-likeness (QED) is 0.488. The van der Waals surface area contributed by atoms with Crippen LogP contribution in [-0.4, -0.2) is 6.15 Å². The van der Waals surface area contributed by atoms with Gasteiger partial charge >= 0.3 is 0 Å². The van der Waals surface area contributed by atoms with E-state index in [0.717, 1.165) is 0 Å². The molecule has 0 spiro atoms. The van der Waals surface area contributed by atoms with Crippen molar-refractivity contribution in [1.82, 2.24) is 0 Å². The van der Waals surface area contributed by atoms with E-state index in [4.69, 9.17) is 1.37 Å². The molecule has 0 amide bonds. The molecule has 0 aromatic heterocycles. The third kappa shape index (κ3) is 2.18. The fourth-order valence-corrected chi connectivity index (χ4v) is 0.250. The molecule has 0 rings (SSSR count). The van der Waals surface area contributed by atoms with Gasteiger partial charge in [-0.25, -0.2) is 4.39 Å². The van der Waals surface area contributed by atoms with Crippen molar-refractivity contribution in [1.29, 1.82) is 0 Å². The van der Waals surface area contributed by atoms with E-state index in [2.05, 4.69) is 0 Å². The van der Waals surface area contributed by atoms with Gasteiger partial charge in [0.2, 0.25) is 0 Å². The zero-order chi connectivity index (χ0) is 5.91. The minimum atomic E-state index is -1.67. The van der Waals surface area contributed by atoms with Crippen molar-refractivity contribution < 1.29 is 5.76 Å². The van der Waals surface area contributed by atoms with Gasteiger partial charge in [-0.1, -0.05) is 13.8 Å². The van der Waals surface area contributed by atoms with Crippen molar-refractivity contribution in [2.45, 2.75) is 32.8 Å². The molecule has 0 saturated carbocycles. The molecule has 0 atom stereocenters. The summed E-state index contributed by atoms with van der Waals surface area (Å²) in [5, 5.41) is 0. The fourth-order valence-electron chi connectivity index (χ4n) is 0.250. The van der Waals surface area contributed by atoms with Gasteiger partial charge in [0.05, 0.1) is 7.52 Å². The van der Waals surface area contributed by atoms with Crippen molar-refractivity contribution in [3.8, 4) is 0 Å². The number of alkyl halides is 1. The van der Waals surface area contributed by atoms with Gasteiger partial charge in [-0.05, 0) is 12.8 Å². The van der Waals surface area contributed by atoms with Crippen LogP contribution in [-0.2, 0) is 0 Å². The van der Waals surface area contributed by atoms with Gasteiger partial charge in [0.15, 0.2) is 0 Å². The smallest absolute Gasteiger partial charge is 0.0996 e. The molecule has 0 aromatic rings. The molecule has 38 valence electrons. The first-order valence-corrected chi connectivity index (χ1v) is 2.31. The molecule has 0 fully saturated rings. The summed E-state index contributed by atoms with van der Waals surface area (Å²) in [6.45, 7) is 3.35. The van der Waals surface area contributed by atoms with Gasteiger partial charge in [-0.2, -0.15) is 0 Å². The van der Waals surface area contributed by atoms with Crippen LogP contribution in [0.15, 0.2) is 0 Å². The van der Waals surface area contributed by atoms with Crippen LogP contribution < -0.4 is 0 Å². The van der Waals surface area contributed by atoms with Gasteiger partial charge < -0.3 is 0 Å². The normalized spacial score (nSPS) is 14.2. The standard InChI is InChI=1S/C5H11F/c1-3-5(6)4-2/h5H,3-4H2,1-2H3/i5D. The topological polar surface area (TPSA) is 0 Å². The van der Waals surface area contributed by atoms with Gasteiger partial charge in [-0.15, -0.1) is 0 Å². The highest BCUT2D eigenvalue weighted by molar-refractivity contribution is 4.44. The summed E-state index contributed by atoms with van der Waals surface area (Å²) >= 11 is 0. The van der Waals surface area contributed by atoms with Crippen molar-refractivity contribution >= 4 is 0 Å². The van der Waals surface area contributed by atoms with Crippen LogP contribution in [0.25, 0.3) is 0 Å². The summed E-state index contributed by atoms with van der Waals surface area (Å²) in [6, 6.07) is 0. The Labute approximate surface area is 39.8 Å². The monoisotopic (exact) mass is 91.1 g/mol. The minimum absolute atomic E-state index is 0.295. The highest BCUT2D eigenvalue weighted by Crippen LogP contribution is 1.98. The Morgan fingerprint density at radius 1 is 1.67 bits per heavy atom. The molecule has 0 unspecified atom stereocenters. The lowest BCUT2D eigenvalue weighted by Crippen LogP contribution is -1.91. The molecule has 0 aliphatic rings. The molecule has 0 bridgehead atoms. The van der Waals surface area contributed by atoms with Gasteiger partial charge in [0, 0.05) is 0 Å². The summed E-state index contributed by atoms with van der Waals surface area (Å²) in [5.74, 6) is 0. The largest absolute Gasteiger partial charge is 0.248 e. The van der Waals surface area contributed by atoms with Crippen LogP contribution in [0.3, 0.4) is 0 Å². The highest BCUT2D eigenvalue weighted by atomic mass is 19.1. The SMILES string of the molecule is [2H]C(F)(CC)CC. The van der Waals surface area contributed by atoms with Crippen molar-refractivity contribution in [2.24, 2.45) is 0 Å². The second-order valence-electron chi connectivity index (χ2n) is 1.22. The Balaban J connectivity index is 3.36. The first kappa shape index (κ1) is 4.10. The van der Waals surface area contributed by atoms with Gasteiger partial charge in [0.25, 0.3) is 0 Å². The molecule has 1 heteroatoms. The van der Waals surface area contributed by atoms with E-state index in [9.17, 15) is 4.39 Å². The Morgan fingerprint density at radius 3 is 2.00 bits per heavy atom. The van der Waals surface area contributed by atoms with Crippen LogP contribution in [0.2, 0.25) is 0 Å². The predicted octanol–water partition coefficient (Wildman–Crippen LogP) is 2.14. The number of rotatable bonds is 2. The summed E-state index contributed by atoms with van der Waals surface area (Å²) in [4.78, 5) is 0. The second kappa shape index (κ2) is 3.13. The Kier molecular flexibility index (Phi) is 2.14. The molecular formula is C5H11F. The lowest BCUT2D eigenvalue weighted by atomic mass is 10.2. The Bertz CT molecular complexity index is 46.0. The Morgan fingerprint density at radius 2 is 2.00 bits per heavy atom. The molecule has 0 radical (unpaired) electrons. The number of hydrogen-bond donors (Lipinski definition) is 0. The lowest BCUT2D eigenvalue weighted by molar-refractivity contribution is 0.316. The van der Waals surface area contributed by atoms with Crippen LogP contribution in [0.4, 0.5) is 4.39 Å². The van der Waals surface area contributed by atoms with E-state index < -0.39 is 6.15 Å². The zero-order valence-corrected chi connectivity index (χ0v) is 4.29. The first-order chi connectivity index (χ1) is 3.12. The third-order valence-electron chi connectivity index (χ3n) is 0.767. The average Bonchev–Trinajstić information content (AvgIpc) is 1.68. The third-order valence-corrected chi connectivity index (χ3v) is 0.767. The van der Waals surface area contributed by atoms with E-state index in [1.54, 1.807) is 13.8 Å². The molecule has 0 nitrogen and oxygen atoms in total. The summed E-state index contributed by atoms with van der Waals surface area (Å²) in [5.41, 5.74) is 0. The molecule has 0 aliphatic heterocycles. The van der Waals surface area contributed by atoms with E-state index >= 15 is 0 Å². The summed E-state index contributed by atoms with van der Waals surface area (Å²) < 4.78 is 19.0. The molecule has 6 heavy (non-hydrogen) atoms. The molecule has 0 aromatic carbocycles. The molecular weight excluding hydrogens is 79.1 g/mol. The van der Waals surface area contributed by atoms with E-state index in [0.29, 0.717) is 12.8 Å². The first-order valence-electron chi connectivity index (χ1n) is 2.81. The molecule has 0 N–H and O–H groups in total. The van der Waals surface area contributed by atoms with Gasteiger partial charge in [-0.3, -0.25) is 0 Å². The van der Waals surface area contributed by atoms with Crippen molar-refractivity contribution in [3.63, 3.8) is 0 Å². The van der Waals surface area contributed by atoms with Crippen molar-refractivity contribution in [2.75, 3.05) is 0 Å². The van der Waals surface area contributed by atoms with Crippen LogP contribution in [0.5, 0.6) is 0 Å². The van der Waals surface area contributed by atoms with E-state index in [1.165, 1.54) is 0 Å². The fraction of sp³-hybridized carbons (Fsp3) is 1.00. The maximum absolute atomic E-state index is 12.2. The lowest BCUT2D eigenvalue weighted by Gasteiger charge is -1.94. The van der Waals surface area contributed by atoms with Crippen LogP contribution in [0, 0.1) is 0 Å². The maximum Gasteiger partial charge on any atom is 0.0996 e. The summed E-state index contributed by atoms with van der Waals surface area (Å²) in [6.07, 6.45) is -1.08. The zero-order valence-electron chi connectivity index (χ0n) is 5.29. The maximum atomic E-state index is 12.2. The summed E-state index contributed by atoms with van der Waals surface area (Å²) in [7, 11) is 0. The van der Waals surface area contributed by atoms with E-state index in [-0.39, 0.29) is 0 Å². The van der Waals surface area contributed by atoms with E-state index in [1.807, 2.05) is 0 Å². The minimum Gasteiger partial charge on any atom is -0.248 e. The average molecular weight is 91.1 g/mol. The number of halogens is 1. The van der Waals surface area contributed by atoms with Crippen LogP contribution >= 0.6 is 0 Å². The molecule has 0 saturated heterocycles. The van der Waals surface area contributed by atoms with Crippen LogP contribution in [0.1, 0.15) is 28.1 Å². The second-order valence-corrected chi connectivity index (χ2v) is 1.22. The predicted molar refractivity (Wildman–Crippen MR) is 25.5 cm³/mol. The van der Waals surface area contributed by atoms with Crippen molar-refractivity contribution in [3.05, 3.63) is 0 Å².